The number of amides is 1. The average Bonchev–Trinajstić information content (AvgIpc) is 2.73. The molecule has 150 valence electrons. The maximum Gasteiger partial charge on any atom is 0.266 e. The Kier molecular flexibility index (Phi) is 8.13. The topological polar surface area (TPSA) is 62.1 Å². The van der Waals surface area contributed by atoms with E-state index >= 15 is 0 Å². The van der Waals surface area contributed by atoms with E-state index in [0.29, 0.717) is 17.3 Å². The normalized spacial score (nSPS) is 10.9. The van der Waals surface area contributed by atoms with E-state index in [9.17, 15) is 10.1 Å². The molecule has 3 aromatic carbocycles. The molecule has 1 N–H and O–H groups in total. The summed E-state index contributed by atoms with van der Waals surface area (Å²) < 4.78 is 7.77. The third-order valence-electron chi connectivity index (χ3n) is 4.04. The van der Waals surface area contributed by atoms with Crippen molar-refractivity contribution in [3.8, 4) is 11.8 Å². The molecule has 3 rings (SSSR count). The van der Waals surface area contributed by atoms with Crippen molar-refractivity contribution in [3.05, 3.63) is 95.6 Å². The van der Waals surface area contributed by atoms with Crippen molar-refractivity contribution in [2.45, 2.75) is 6.61 Å². The Hall–Kier alpha value is -2.09. The molecule has 0 heterocycles. The number of carbonyl (C=O) groups excluding carboxylic acids is 1. The molecule has 30 heavy (non-hydrogen) atoms. The lowest BCUT2D eigenvalue weighted by atomic mass is 10.1. The molecule has 0 bridgehead atoms. The summed E-state index contributed by atoms with van der Waals surface area (Å²) >= 11 is 10.5. The first-order chi connectivity index (χ1) is 14.5. The van der Waals surface area contributed by atoms with Crippen LogP contribution in [0, 0.1) is 18.5 Å². The molecule has 0 aliphatic rings. The fourth-order valence-electron chi connectivity index (χ4n) is 2.60. The van der Waals surface area contributed by atoms with E-state index < -0.39 is 5.91 Å². The van der Waals surface area contributed by atoms with Crippen molar-refractivity contribution >= 4 is 74.5 Å². The molecule has 0 spiro atoms. The van der Waals surface area contributed by atoms with E-state index in [1.165, 1.54) is 0 Å². The van der Waals surface area contributed by atoms with Crippen molar-refractivity contribution in [3.63, 3.8) is 0 Å². The number of carbonyl (C=O) groups is 1. The van der Waals surface area contributed by atoms with Gasteiger partial charge < -0.3 is 10.1 Å². The number of hydrogen-bond acceptors (Lipinski definition) is 3. The van der Waals surface area contributed by atoms with Crippen LogP contribution in [0.25, 0.3) is 6.08 Å². The predicted octanol–water partition coefficient (Wildman–Crippen LogP) is 6.67. The number of nitrogens with one attached hydrogen (secondary N) is 1. The second-order valence-electron chi connectivity index (χ2n) is 6.19. The maximum absolute atomic E-state index is 12.5. The summed E-state index contributed by atoms with van der Waals surface area (Å²) in [4.78, 5) is 12.5. The van der Waals surface area contributed by atoms with Gasteiger partial charge in [-0.15, -0.1) is 0 Å². The van der Waals surface area contributed by atoms with Crippen LogP contribution in [-0.2, 0) is 11.4 Å². The van der Waals surface area contributed by atoms with Gasteiger partial charge in [0.2, 0.25) is 0 Å². The maximum atomic E-state index is 12.5. The van der Waals surface area contributed by atoms with Crippen molar-refractivity contribution in [2.75, 3.05) is 5.32 Å². The second kappa shape index (κ2) is 10.8. The molecule has 0 saturated carbocycles. The number of nitriles is 1. The number of benzene rings is 3. The Morgan fingerprint density at radius 2 is 1.70 bits per heavy atom. The molecule has 0 saturated heterocycles. The van der Waals surface area contributed by atoms with Crippen molar-refractivity contribution < 1.29 is 9.53 Å². The third-order valence-corrected chi connectivity index (χ3v) is 5.98. The van der Waals surface area contributed by atoms with Crippen LogP contribution in [0.3, 0.4) is 0 Å². The third kappa shape index (κ3) is 5.97. The summed E-state index contributed by atoms with van der Waals surface area (Å²) in [5.74, 6) is 0.260. The first kappa shape index (κ1) is 22.6. The van der Waals surface area contributed by atoms with Gasteiger partial charge in [0.1, 0.15) is 24.0 Å². The van der Waals surface area contributed by atoms with Crippen molar-refractivity contribution in [2.24, 2.45) is 0 Å². The number of rotatable bonds is 6. The van der Waals surface area contributed by atoms with Gasteiger partial charge in [-0.1, -0.05) is 54.1 Å². The quantitative estimate of drug-likeness (QED) is 0.186. The Balaban J connectivity index is 1.79. The standard InChI is InChI=1S/C23H15ClI2N2O2/c24-18-8-4-5-9-21(18)28-23(29)17(13-27)10-16-11-19(25)22(20(26)12-16)30-14-15-6-2-1-3-7-15/h1-12H,14H2,(H,28,29)/b17-10+. The van der Waals surface area contributed by atoms with Crippen LogP contribution in [0.5, 0.6) is 5.75 Å². The average molecular weight is 641 g/mol. The minimum atomic E-state index is -0.514. The zero-order valence-corrected chi connectivity index (χ0v) is 20.6. The molecule has 1 amide bonds. The van der Waals surface area contributed by atoms with Crippen LogP contribution in [-0.4, -0.2) is 5.91 Å². The second-order valence-corrected chi connectivity index (χ2v) is 8.92. The molecule has 0 atom stereocenters. The van der Waals surface area contributed by atoms with Crippen LogP contribution in [0.15, 0.2) is 72.3 Å². The lowest BCUT2D eigenvalue weighted by Gasteiger charge is -2.12. The minimum Gasteiger partial charge on any atom is -0.487 e. The van der Waals surface area contributed by atoms with Crippen LogP contribution < -0.4 is 10.1 Å². The van der Waals surface area contributed by atoms with Crippen LogP contribution in [0.1, 0.15) is 11.1 Å². The molecular formula is C23H15ClI2N2O2. The minimum absolute atomic E-state index is 0.0144. The van der Waals surface area contributed by atoms with Crippen LogP contribution in [0.4, 0.5) is 5.69 Å². The first-order valence-corrected chi connectivity index (χ1v) is 11.3. The molecule has 0 unspecified atom stereocenters. The Labute approximate surface area is 207 Å². The van der Waals surface area contributed by atoms with Gasteiger partial charge >= 0.3 is 0 Å². The zero-order valence-electron chi connectivity index (χ0n) is 15.5. The fraction of sp³-hybridized carbons (Fsp3) is 0.0435. The smallest absolute Gasteiger partial charge is 0.266 e. The van der Waals surface area contributed by atoms with E-state index in [1.807, 2.05) is 48.5 Å². The molecule has 0 aromatic heterocycles. The van der Waals surface area contributed by atoms with E-state index in [0.717, 1.165) is 24.0 Å². The SMILES string of the molecule is N#C/C(=C\c1cc(I)c(OCc2ccccc2)c(I)c1)C(=O)Nc1ccccc1Cl. The van der Waals surface area contributed by atoms with Crippen LogP contribution in [0.2, 0.25) is 5.02 Å². The van der Waals surface area contributed by atoms with E-state index in [-0.39, 0.29) is 5.57 Å². The molecule has 4 nitrogen and oxygen atoms in total. The monoisotopic (exact) mass is 640 g/mol. The number of anilines is 1. The lowest BCUT2D eigenvalue weighted by molar-refractivity contribution is -0.112. The highest BCUT2D eigenvalue weighted by atomic mass is 127. The number of nitrogens with zero attached hydrogens (tertiary/aromatic N) is 1. The lowest BCUT2D eigenvalue weighted by Crippen LogP contribution is -2.13. The molecule has 0 radical (unpaired) electrons. The number of ether oxygens (including phenoxy) is 1. The van der Waals surface area contributed by atoms with Gasteiger partial charge in [0.25, 0.3) is 5.91 Å². The van der Waals surface area contributed by atoms with Crippen molar-refractivity contribution in [1.82, 2.24) is 0 Å². The van der Waals surface area contributed by atoms with Gasteiger partial charge in [0.05, 0.1) is 17.9 Å². The van der Waals surface area contributed by atoms with Gasteiger partial charge in [-0.3, -0.25) is 4.79 Å². The number of halogens is 3. The summed E-state index contributed by atoms with van der Waals surface area (Å²) in [6.07, 6.45) is 1.55. The molecule has 0 aliphatic heterocycles. The van der Waals surface area contributed by atoms with Gasteiger partial charge in [0, 0.05) is 0 Å². The summed E-state index contributed by atoms with van der Waals surface area (Å²) in [5.41, 5.74) is 2.26. The van der Waals surface area contributed by atoms with Gasteiger partial charge in [-0.2, -0.15) is 5.26 Å². The molecule has 3 aromatic rings. The number of hydrogen-bond donors (Lipinski definition) is 1. The molecule has 7 heteroatoms. The first-order valence-electron chi connectivity index (χ1n) is 8.81. The summed E-state index contributed by atoms with van der Waals surface area (Å²) in [6, 6.07) is 22.5. The summed E-state index contributed by atoms with van der Waals surface area (Å²) in [7, 11) is 0. The number of para-hydroxylation sites is 1. The van der Waals surface area contributed by atoms with Gasteiger partial charge in [0.15, 0.2) is 0 Å². The summed E-state index contributed by atoms with van der Waals surface area (Å²) in [6.45, 7) is 0.464. The Bertz CT molecular complexity index is 1120. The molecule has 0 fully saturated rings. The molecule has 0 aliphatic carbocycles. The van der Waals surface area contributed by atoms with Gasteiger partial charge in [-0.05, 0) is 86.7 Å². The zero-order chi connectivity index (χ0) is 21.5. The predicted molar refractivity (Wildman–Crippen MR) is 136 cm³/mol. The highest BCUT2D eigenvalue weighted by Gasteiger charge is 2.13. The van der Waals surface area contributed by atoms with E-state index in [1.54, 1.807) is 30.3 Å². The Morgan fingerprint density at radius 1 is 1.07 bits per heavy atom. The van der Waals surface area contributed by atoms with Crippen LogP contribution >= 0.6 is 56.8 Å². The van der Waals surface area contributed by atoms with E-state index in [4.69, 9.17) is 16.3 Å². The Morgan fingerprint density at radius 3 is 2.33 bits per heavy atom. The van der Waals surface area contributed by atoms with Gasteiger partial charge in [-0.25, -0.2) is 0 Å². The van der Waals surface area contributed by atoms with E-state index in [2.05, 4.69) is 50.5 Å². The van der Waals surface area contributed by atoms with Crippen molar-refractivity contribution in [1.29, 1.82) is 5.26 Å². The highest BCUT2D eigenvalue weighted by Crippen LogP contribution is 2.30. The highest BCUT2D eigenvalue weighted by molar-refractivity contribution is 14.1. The largest absolute Gasteiger partial charge is 0.487 e. The molecular weight excluding hydrogens is 626 g/mol. The fourth-order valence-corrected chi connectivity index (χ4v) is 4.91. The summed E-state index contributed by atoms with van der Waals surface area (Å²) in [5, 5.41) is 12.5.